The number of benzene rings is 1. The third-order valence-electron chi connectivity index (χ3n) is 4.24. The fourth-order valence-electron chi connectivity index (χ4n) is 2.72. The van der Waals surface area contributed by atoms with Gasteiger partial charge in [0.05, 0.1) is 6.54 Å². The SMILES string of the molecule is CCNC(=NCC(C)(O)c1ccc(C)o1)NCCN(C)Cc1ccccc1.I. The molecule has 2 rings (SSSR count). The Hall–Kier alpha value is -1.58. The number of likely N-dealkylation sites (N-methyl/N-ethyl adjacent to an activating group) is 1. The minimum atomic E-state index is -1.14. The Labute approximate surface area is 185 Å². The van der Waals surface area contributed by atoms with Gasteiger partial charge in [-0.05, 0) is 45.5 Å². The van der Waals surface area contributed by atoms with Gasteiger partial charge in [-0.1, -0.05) is 30.3 Å². The van der Waals surface area contributed by atoms with E-state index in [1.54, 1.807) is 13.0 Å². The monoisotopic (exact) mass is 500 g/mol. The zero-order chi connectivity index (χ0) is 19.7. The van der Waals surface area contributed by atoms with E-state index in [1.807, 2.05) is 26.0 Å². The van der Waals surface area contributed by atoms with Crippen LogP contribution in [0.15, 0.2) is 51.9 Å². The summed E-state index contributed by atoms with van der Waals surface area (Å²) in [4.78, 5) is 6.78. The number of aliphatic hydroxyl groups is 1. The van der Waals surface area contributed by atoms with Crippen LogP contribution in [0.25, 0.3) is 0 Å². The first kappa shape index (κ1) is 24.5. The second-order valence-electron chi connectivity index (χ2n) is 7.03. The number of furan rings is 1. The Morgan fingerprint density at radius 2 is 1.89 bits per heavy atom. The average molecular weight is 500 g/mol. The lowest BCUT2D eigenvalue weighted by atomic mass is 10.0. The largest absolute Gasteiger partial charge is 0.463 e. The van der Waals surface area contributed by atoms with Crippen LogP contribution in [-0.4, -0.2) is 49.2 Å². The molecule has 156 valence electrons. The molecule has 0 amide bonds. The molecular formula is C21H33IN4O2. The van der Waals surface area contributed by atoms with Gasteiger partial charge in [-0.15, -0.1) is 24.0 Å². The minimum Gasteiger partial charge on any atom is -0.463 e. The number of nitrogens with zero attached hydrogens (tertiary/aromatic N) is 2. The number of hydrogen-bond donors (Lipinski definition) is 3. The van der Waals surface area contributed by atoms with E-state index in [1.165, 1.54) is 5.56 Å². The molecule has 6 nitrogen and oxygen atoms in total. The highest BCUT2D eigenvalue weighted by Gasteiger charge is 2.26. The molecule has 1 heterocycles. The van der Waals surface area contributed by atoms with Crippen LogP contribution in [0.1, 0.15) is 30.9 Å². The van der Waals surface area contributed by atoms with Crippen molar-refractivity contribution in [2.24, 2.45) is 4.99 Å². The molecule has 0 saturated carbocycles. The summed E-state index contributed by atoms with van der Waals surface area (Å²) in [6.07, 6.45) is 0. The third-order valence-corrected chi connectivity index (χ3v) is 4.24. The van der Waals surface area contributed by atoms with E-state index in [4.69, 9.17) is 4.42 Å². The van der Waals surface area contributed by atoms with Crippen LogP contribution < -0.4 is 10.6 Å². The number of rotatable bonds is 9. The Morgan fingerprint density at radius 3 is 2.50 bits per heavy atom. The number of halogens is 1. The van der Waals surface area contributed by atoms with Crippen molar-refractivity contribution in [3.63, 3.8) is 0 Å². The van der Waals surface area contributed by atoms with Crippen molar-refractivity contribution in [2.75, 3.05) is 33.2 Å². The highest BCUT2D eigenvalue weighted by atomic mass is 127. The Bertz CT molecular complexity index is 716. The van der Waals surface area contributed by atoms with Gasteiger partial charge in [0, 0.05) is 26.2 Å². The van der Waals surface area contributed by atoms with Crippen molar-refractivity contribution >= 4 is 29.9 Å². The number of nitrogens with one attached hydrogen (secondary N) is 2. The summed E-state index contributed by atoms with van der Waals surface area (Å²) in [5.41, 5.74) is 0.158. The van der Waals surface area contributed by atoms with Crippen molar-refractivity contribution < 1.29 is 9.52 Å². The molecule has 2 aromatic rings. The van der Waals surface area contributed by atoms with E-state index in [-0.39, 0.29) is 30.5 Å². The van der Waals surface area contributed by atoms with Gasteiger partial charge in [-0.3, -0.25) is 0 Å². The molecule has 1 atom stereocenters. The molecule has 1 aromatic carbocycles. The van der Waals surface area contributed by atoms with E-state index in [9.17, 15) is 5.11 Å². The molecule has 1 aromatic heterocycles. The van der Waals surface area contributed by atoms with Crippen molar-refractivity contribution in [2.45, 2.75) is 32.9 Å². The minimum absolute atomic E-state index is 0. The lowest BCUT2D eigenvalue weighted by molar-refractivity contribution is 0.0428. The summed E-state index contributed by atoms with van der Waals surface area (Å²) in [7, 11) is 2.10. The molecule has 3 N–H and O–H groups in total. The van der Waals surface area contributed by atoms with Gasteiger partial charge < -0.3 is 25.1 Å². The Morgan fingerprint density at radius 1 is 1.18 bits per heavy atom. The molecule has 28 heavy (non-hydrogen) atoms. The van der Waals surface area contributed by atoms with E-state index in [2.05, 4.69) is 51.8 Å². The summed E-state index contributed by atoms with van der Waals surface area (Å²) in [6.45, 7) is 9.12. The predicted octanol–water partition coefficient (Wildman–Crippen LogP) is 3.10. The quantitative estimate of drug-likeness (QED) is 0.281. The lowest BCUT2D eigenvalue weighted by Crippen LogP contribution is -2.41. The van der Waals surface area contributed by atoms with Crippen molar-refractivity contribution in [1.82, 2.24) is 15.5 Å². The van der Waals surface area contributed by atoms with Crippen LogP contribution in [0.3, 0.4) is 0 Å². The van der Waals surface area contributed by atoms with E-state index >= 15 is 0 Å². The maximum atomic E-state index is 10.6. The van der Waals surface area contributed by atoms with Crippen LogP contribution in [0.2, 0.25) is 0 Å². The molecule has 0 saturated heterocycles. The third kappa shape index (κ3) is 8.20. The molecule has 0 radical (unpaired) electrons. The first-order valence-electron chi connectivity index (χ1n) is 9.44. The van der Waals surface area contributed by atoms with Crippen LogP contribution >= 0.6 is 24.0 Å². The van der Waals surface area contributed by atoms with Crippen molar-refractivity contribution in [3.05, 3.63) is 59.5 Å². The Kier molecular flexibility index (Phi) is 10.6. The van der Waals surface area contributed by atoms with E-state index < -0.39 is 5.60 Å². The van der Waals surface area contributed by atoms with Crippen molar-refractivity contribution in [3.8, 4) is 0 Å². The fraction of sp³-hybridized carbons (Fsp3) is 0.476. The highest BCUT2D eigenvalue weighted by molar-refractivity contribution is 14.0. The number of guanidine groups is 1. The fourth-order valence-corrected chi connectivity index (χ4v) is 2.72. The number of aryl methyl sites for hydroxylation is 1. The van der Waals surface area contributed by atoms with Crippen LogP contribution in [0.5, 0.6) is 0 Å². The molecule has 0 aliphatic rings. The van der Waals surface area contributed by atoms with Crippen molar-refractivity contribution in [1.29, 1.82) is 0 Å². The summed E-state index contributed by atoms with van der Waals surface area (Å²) in [5.74, 6) is 2.00. The molecule has 0 spiro atoms. The summed E-state index contributed by atoms with van der Waals surface area (Å²) in [6, 6.07) is 14.1. The van der Waals surface area contributed by atoms with Gasteiger partial charge in [0.1, 0.15) is 17.1 Å². The molecule has 1 unspecified atom stereocenters. The van der Waals surface area contributed by atoms with Gasteiger partial charge in [0.25, 0.3) is 0 Å². The molecule has 0 fully saturated rings. The van der Waals surface area contributed by atoms with E-state index in [0.29, 0.717) is 11.7 Å². The standard InChI is InChI=1S/C21H32N4O2.HI/c1-5-22-20(24-16-21(3,26)19-12-11-17(2)27-19)23-13-14-25(4)15-18-9-7-6-8-10-18;/h6-12,26H,5,13-16H2,1-4H3,(H2,22,23,24);1H. The maximum Gasteiger partial charge on any atom is 0.191 e. The van der Waals surface area contributed by atoms with Gasteiger partial charge in [0.2, 0.25) is 0 Å². The van der Waals surface area contributed by atoms with Crippen LogP contribution in [0.4, 0.5) is 0 Å². The zero-order valence-corrected chi connectivity index (χ0v) is 19.6. The highest BCUT2D eigenvalue weighted by Crippen LogP contribution is 2.22. The van der Waals surface area contributed by atoms with Gasteiger partial charge in [-0.2, -0.15) is 0 Å². The predicted molar refractivity (Wildman–Crippen MR) is 125 cm³/mol. The number of hydrogen-bond acceptors (Lipinski definition) is 4. The van der Waals surface area contributed by atoms with Gasteiger partial charge >= 0.3 is 0 Å². The summed E-state index contributed by atoms with van der Waals surface area (Å²) >= 11 is 0. The normalized spacial score (nSPS) is 13.7. The first-order chi connectivity index (χ1) is 12.9. The number of aliphatic imine (C=N–C) groups is 1. The second-order valence-corrected chi connectivity index (χ2v) is 7.03. The molecule has 0 aliphatic carbocycles. The topological polar surface area (TPSA) is 73.0 Å². The summed E-state index contributed by atoms with van der Waals surface area (Å²) in [5, 5.41) is 17.2. The van der Waals surface area contributed by atoms with Gasteiger partial charge in [-0.25, -0.2) is 4.99 Å². The summed E-state index contributed by atoms with van der Waals surface area (Å²) < 4.78 is 5.54. The molecule has 7 heteroatoms. The molecule has 0 bridgehead atoms. The Balaban J connectivity index is 0.00000392. The maximum absolute atomic E-state index is 10.6. The second kappa shape index (κ2) is 12.1. The van der Waals surface area contributed by atoms with Gasteiger partial charge in [0.15, 0.2) is 5.96 Å². The average Bonchev–Trinajstić information content (AvgIpc) is 3.08. The van der Waals surface area contributed by atoms with E-state index in [0.717, 1.165) is 31.9 Å². The smallest absolute Gasteiger partial charge is 0.191 e. The zero-order valence-electron chi connectivity index (χ0n) is 17.2. The first-order valence-corrected chi connectivity index (χ1v) is 9.44. The molecular weight excluding hydrogens is 467 g/mol. The van der Waals surface area contributed by atoms with Crippen LogP contribution in [-0.2, 0) is 12.1 Å². The lowest BCUT2D eigenvalue weighted by Gasteiger charge is -2.21. The molecule has 0 aliphatic heterocycles. The van der Waals surface area contributed by atoms with Crippen LogP contribution in [0, 0.1) is 6.92 Å².